The average molecular weight is 370 g/mol. The van der Waals surface area contributed by atoms with Crippen LogP contribution in [0.5, 0.6) is 0 Å². The number of amides is 1. The molecule has 1 amide bonds. The number of benzene rings is 1. The lowest BCUT2D eigenvalue weighted by Crippen LogP contribution is -2.34. The van der Waals surface area contributed by atoms with Crippen LogP contribution in [0.3, 0.4) is 0 Å². The van der Waals surface area contributed by atoms with Crippen molar-refractivity contribution in [1.82, 2.24) is 15.2 Å². The molecular formula is C22H31N3O2. The van der Waals surface area contributed by atoms with E-state index >= 15 is 0 Å². The molecule has 5 nitrogen and oxygen atoms in total. The molecule has 0 saturated carbocycles. The fourth-order valence-electron chi connectivity index (χ4n) is 3.01. The van der Waals surface area contributed by atoms with E-state index in [2.05, 4.69) is 29.0 Å². The third-order valence-corrected chi connectivity index (χ3v) is 4.70. The number of carbonyl (C=O) groups excluding carboxylic acids is 1. The summed E-state index contributed by atoms with van der Waals surface area (Å²) in [7, 11) is 0. The van der Waals surface area contributed by atoms with E-state index in [1.165, 1.54) is 0 Å². The van der Waals surface area contributed by atoms with Crippen molar-refractivity contribution < 1.29 is 9.53 Å². The second-order valence-corrected chi connectivity index (χ2v) is 6.45. The second-order valence-electron chi connectivity index (χ2n) is 6.45. The number of carbonyl (C=O) groups is 1. The summed E-state index contributed by atoms with van der Waals surface area (Å²) < 4.78 is 5.66. The molecule has 0 aliphatic rings. The van der Waals surface area contributed by atoms with Gasteiger partial charge in [0.25, 0.3) is 0 Å². The van der Waals surface area contributed by atoms with Gasteiger partial charge in [-0.05, 0) is 42.8 Å². The molecule has 0 saturated heterocycles. The van der Waals surface area contributed by atoms with Gasteiger partial charge in [0.15, 0.2) is 0 Å². The van der Waals surface area contributed by atoms with E-state index in [4.69, 9.17) is 4.74 Å². The lowest BCUT2D eigenvalue weighted by molar-refractivity contribution is -0.122. The van der Waals surface area contributed by atoms with Gasteiger partial charge in [0.1, 0.15) is 0 Å². The van der Waals surface area contributed by atoms with E-state index in [1.807, 2.05) is 42.5 Å². The van der Waals surface area contributed by atoms with Gasteiger partial charge in [0.05, 0.1) is 19.1 Å². The third-order valence-electron chi connectivity index (χ3n) is 4.70. The minimum absolute atomic E-state index is 0.0327. The van der Waals surface area contributed by atoms with Crippen LogP contribution in [0.1, 0.15) is 30.9 Å². The third kappa shape index (κ3) is 7.49. The van der Waals surface area contributed by atoms with Gasteiger partial charge in [0, 0.05) is 25.5 Å². The number of likely N-dealkylation sites (N-methyl/N-ethyl adjacent to an activating group) is 1. The van der Waals surface area contributed by atoms with E-state index in [9.17, 15) is 4.79 Å². The molecule has 1 aromatic heterocycles. The molecule has 0 aliphatic carbocycles. The highest BCUT2D eigenvalue weighted by Gasteiger charge is 2.20. The Bertz CT molecular complexity index is 645. The van der Waals surface area contributed by atoms with Gasteiger partial charge < -0.3 is 15.0 Å². The highest BCUT2D eigenvalue weighted by atomic mass is 16.5. The molecule has 5 heteroatoms. The normalized spacial score (nSPS) is 12.1. The first-order chi connectivity index (χ1) is 13.2. The molecule has 0 radical (unpaired) electrons. The summed E-state index contributed by atoms with van der Waals surface area (Å²) in [4.78, 5) is 19.2. The number of nitrogens with zero attached hydrogens (tertiary/aromatic N) is 2. The van der Waals surface area contributed by atoms with Gasteiger partial charge in [0.2, 0.25) is 5.91 Å². The van der Waals surface area contributed by atoms with Crippen LogP contribution in [0.4, 0.5) is 0 Å². The predicted octanol–water partition coefficient (Wildman–Crippen LogP) is 2.88. The number of rotatable bonds is 12. The van der Waals surface area contributed by atoms with Crippen molar-refractivity contribution in [2.75, 3.05) is 39.4 Å². The molecule has 1 heterocycles. The first-order valence-corrected chi connectivity index (χ1v) is 9.76. The predicted molar refractivity (Wildman–Crippen MR) is 109 cm³/mol. The Hall–Kier alpha value is -2.24. The van der Waals surface area contributed by atoms with E-state index in [0.29, 0.717) is 26.2 Å². The largest absolute Gasteiger partial charge is 0.378 e. The number of nitrogens with one attached hydrogen (secondary N) is 1. The van der Waals surface area contributed by atoms with Crippen molar-refractivity contribution in [3.63, 3.8) is 0 Å². The Morgan fingerprint density at radius 3 is 2.44 bits per heavy atom. The Kier molecular flexibility index (Phi) is 9.52. The summed E-state index contributed by atoms with van der Waals surface area (Å²) in [5.74, 6) is -0.186. The summed E-state index contributed by atoms with van der Waals surface area (Å²) in [5, 5.41) is 3.02. The zero-order chi connectivity index (χ0) is 19.3. The minimum Gasteiger partial charge on any atom is -0.378 e. The van der Waals surface area contributed by atoms with Crippen LogP contribution in [-0.2, 0) is 16.0 Å². The van der Waals surface area contributed by atoms with Crippen molar-refractivity contribution in [2.45, 2.75) is 26.2 Å². The standard InChI is InChI=1S/C22H31N3O2/c1-3-25(4-2)15-17-27-16-14-24-22(26)21(20-8-6-5-7-9-20)18-19-10-12-23-13-11-19/h5-13,21H,3-4,14-18H2,1-2H3,(H,24,26). The molecular weight excluding hydrogens is 338 g/mol. The lowest BCUT2D eigenvalue weighted by atomic mass is 9.91. The highest BCUT2D eigenvalue weighted by molar-refractivity contribution is 5.84. The molecule has 1 N–H and O–H groups in total. The van der Waals surface area contributed by atoms with Crippen LogP contribution < -0.4 is 5.32 Å². The molecule has 146 valence electrons. The van der Waals surface area contributed by atoms with Gasteiger partial charge >= 0.3 is 0 Å². The van der Waals surface area contributed by atoms with Crippen molar-refractivity contribution in [3.8, 4) is 0 Å². The Morgan fingerprint density at radius 2 is 1.78 bits per heavy atom. The topological polar surface area (TPSA) is 54.5 Å². The molecule has 1 atom stereocenters. The quantitative estimate of drug-likeness (QED) is 0.585. The van der Waals surface area contributed by atoms with Crippen molar-refractivity contribution in [2.24, 2.45) is 0 Å². The summed E-state index contributed by atoms with van der Waals surface area (Å²) >= 11 is 0. The van der Waals surface area contributed by atoms with Gasteiger partial charge in [-0.25, -0.2) is 0 Å². The van der Waals surface area contributed by atoms with E-state index in [-0.39, 0.29) is 11.8 Å². The van der Waals surface area contributed by atoms with Crippen LogP contribution in [0, 0.1) is 0 Å². The molecule has 1 aromatic carbocycles. The van der Waals surface area contributed by atoms with Crippen LogP contribution in [0.25, 0.3) is 0 Å². The first kappa shape index (κ1) is 21.1. The Morgan fingerprint density at radius 1 is 1.07 bits per heavy atom. The van der Waals surface area contributed by atoms with Crippen molar-refractivity contribution in [3.05, 3.63) is 66.0 Å². The van der Waals surface area contributed by atoms with Gasteiger partial charge in [-0.15, -0.1) is 0 Å². The maximum Gasteiger partial charge on any atom is 0.227 e. The molecule has 0 bridgehead atoms. The molecule has 0 fully saturated rings. The van der Waals surface area contributed by atoms with E-state index in [0.717, 1.165) is 30.8 Å². The van der Waals surface area contributed by atoms with Gasteiger partial charge in [-0.3, -0.25) is 9.78 Å². The number of hydrogen-bond donors (Lipinski definition) is 1. The lowest BCUT2D eigenvalue weighted by Gasteiger charge is -2.19. The van der Waals surface area contributed by atoms with Crippen LogP contribution in [0.2, 0.25) is 0 Å². The SMILES string of the molecule is CCN(CC)CCOCCNC(=O)C(Cc1ccncc1)c1ccccc1. The summed E-state index contributed by atoms with van der Waals surface area (Å²) in [6.07, 6.45) is 4.18. The minimum atomic E-state index is -0.218. The summed E-state index contributed by atoms with van der Waals surface area (Å²) in [5.41, 5.74) is 2.12. The summed E-state index contributed by atoms with van der Waals surface area (Å²) in [6.45, 7) is 9.04. The van der Waals surface area contributed by atoms with Gasteiger partial charge in [-0.1, -0.05) is 44.2 Å². The highest BCUT2D eigenvalue weighted by Crippen LogP contribution is 2.21. The molecule has 27 heavy (non-hydrogen) atoms. The average Bonchev–Trinajstić information content (AvgIpc) is 2.73. The van der Waals surface area contributed by atoms with Crippen LogP contribution in [0.15, 0.2) is 54.9 Å². The zero-order valence-electron chi connectivity index (χ0n) is 16.4. The van der Waals surface area contributed by atoms with Crippen molar-refractivity contribution >= 4 is 5.91 Å². The number of pyridine rings is 1. The van der Waals surface area contributed by atoms with Crippen LogP contribution in [-0.4, -0.2) is 55.2 Å². The smallest absolute Gasteiger partial charge is 0.227 e. The Labute approximate surface area is 162 Å². The maximum absolute atomic E-state index is 12.8. The second kappa shape index (κ2) is 12.2. The summed E-state index contributed by atoms with van der Waals surface area (Å²) in [6, 6.07) is 13.8. The van der Waals surface area contributed by atoms with Crippen molar-refractivity contribution in [1.29, 1.82) is 0 Å². The number of ether oxygens (including phenoxy) is 1. The molecule has 2 aromatic rings. The zero-order valence-corrected chi connectivity index (χ0v) is 16.4. The molecule has 2 rings (SSSR count). The van der Waals surface area contributed by atoms with E-state index < -0.39 is 0 Å². The molecule has 1 unspecified atom stereocenters. The Balaban J connectivity index is 1.83. The van der Waals surface area contributed by atoms with E-state index in [1.54, 1.807) is 12.4 Å². The first-order valence-electron chi connectivity index (χ1n) is 9.76. The number of aromatic nitrogens is 1. The fourth-order valence-corrected chi connectivity index (χ4v) is 3.01. The monoisotopic (exact) mass is 369 g/mol. The van der Waals surface area contributed by atoms with Gasteiger partial charge in [-0.2, -0.15) is 0 Å². The maximum atomic E-state index is 12.8. The molecule has 0 spiro atoms. The van der Waals surface area contributed by atoms with Crippen LogP contribution >= 0.6 is 0 Å². The molecule has 0 aliphatic heterocycles. The fraction of sp³-hybridized carbons (Fsp3) is 0.455. The number of hydrogen-bond acceptors (Lipinski definition) is 4.